The van der Waals surface area contributed by atoms with Crippen LogP contribution >= 0.6 is 0 Å². The third-order valence-electron chi connectivity index (χ3n) is 2.54. The van der Waals surface area contributed by atoms with Crippen LogP contribution in [0, 0.1) is 6.92 Å². The molecular weight excluding hydrogens is 216 g/mol. The molecule has 0 saturated carbocycles. The Kier molecular flexibility index (Phi) is 4.69. The summed E-state index contributed by atoms with van der Waals surface area (Å²) < 4.78 is 0. The first-order valence-electron chi connectivity index (χ1n) is 5.62. The van der Waals surface area contributed by atoms with Crippen LogP contribution in [0.15, 0.2) is 29.7 Å². The molecule has 0 aliphatic heterocycles. The van der Waals surface area contributed by atoms with E-state index < -0.39 is 0 Å². The van der Waals surface area contributed by atoms with E-state index in [4.69, 9.17) is 0 Å². The number of rotatable bonds is 5. The standard InChI is InChI=1S/C13H18N2O2/c1-4-5-6-7-15(3)13(17)11-9-14-10(2)8-12(11)16/h4,8-9H,1,5-7H2,2-3H3,(H,14,16). The van der Waals surface area contributed by atoms with Crippen molar-refractivity contribution in [3.05, 3.63) is 46.4 Å². The molecular formula is C13H18N2O2. The summed E-state index contributed by atoms with van der Waals surface area (Å²) in [7, 11) is 1.70. The zero-order valence-electron chi connectivity index (χ0n) is 10.3. The van der Waals surface area contributed by atoms with Gasteiger partial charge >= 0.3 is 0 Å². The van der Waals surface area contributed by atoms with Gasteiger partial charge in [0, 0.05) is 31.5 Å². The quantitative estimate of drug-likeness (QED) is 0.623. The highest BCUT2D eigenvalue weighted by Crippen LogP contribution is 2.00. The van der Waals surface area contributed by atoms with Crippen LogP contribution in [-0.2, 0) is 0 Å². The number of aromatic amines is 1. The molecule has 0 aliphatic rings. The smallest absolute Gasteiger partial charge is 0.259 e. The van der Waals surface area contributed by atoms with Crippen LogP contribution in [-0.4, -0.2) is 29.4 Å². The fourth-order valence-corrected chi connectivity index (χ4v) is 1.52. The van der Waals surface area contributed by atoms with Gasteiger partial charge in [0.1, 0.15) is 5.56 Å². The number of aryl methyl sites for hydroxylation is 1. The van der Waals surface area contributed by atoms with E-state index in [9.17, 15) is 9.59 Å². The SMILES string of the molecule is C=CCCCN(C)C(=O)c1c[nH]c(C)cc1=O. The van der Waals surface area contributed by atoms with Gasteiger partial charge in [0.15, 0.2) is 5.43 Å². The maximum absolute atomic E-state index is 12.0. The summed E-state index contributed by atoms with van der Waals surface area (Å²) >= 11 is 0. The minimum absolute atomic E-state index is 0.191. The average Bonchev–Trinajstić information content (AvgIpc) is 2.28. The minimum Gasteiger partial charge on any atom is -0.364 e. The van der Waals surface area contributed by atoms with Crippen LogP contribution in [0.25, 0.3) is 0 Å². The molecule has 4 heteroatoms. The molecule has 0 fully saturated rings. The van der Waals surface area contributed by atoms with Crippen molar-refractivity contribution < 1.29 is 4.79 Å². The van der Waals surface area contributed by atoms with Crippen LogP contribution < -0.4 is 5.43 Å². The maximum atomic E-state index is 12.0. The summed E-state index contributed by atoms with van der Waals surface area (Å²) in [5, 5.41) is 0. The lowest BCUT2D eigenvalue weighted by Gasteiger charge is -2.16. The van der Waals surface area contributed by atoms with E-state index in [-0.39, 0.29) is 16.9 Å². The van der Waals surface area contributed by atoms with Gasteiger partial charge in [-0.05, 0) is 19.8 Å². The number of pyridine rings is 1. The van der Waals surface area contributed by atoms with E-state index in [1.165, 1.54) is 12.3 Å². The fourth-order valence-electron chi connectivity index (χ4n) is 1.52. The Morgan fingerprint density at radius 3 is 2.88 bits per heavy atom. The molecule has 1 heterocycles. The summed E-state index contributed by atoms with van der Waals surface area (Å²) in [5.74, 6) is -0.240. The number of amides is 1. The molecule has 0 aliphatic carbocycles. The second kappa shape index (κ2) is 6.03. The predicted octanol–water partition coefficient (Wildman–Crippen LogP) is 1.72. The van der Waals surface area contributed by atoms with Gasteiger partial charge in [-0.25, -0.2) is 0 Å². The van der Waals surface area contributed by atoms with E-state index >= 15 is 0 Å². The first kappa shape index (κ1) is 13.2. The van der Waals surface area contributed by atoms with Crippen molar-refractivity contribution in [2.24, 2.45) is 0 Å². The van der Waals surface area contributed by atoms with Gasteiger partial charge in [-0.3, -0.25) is 9.59 Å². The number of nitrogens with zero attached hydrogens (tertiary/aromatic N) is 1. The molecule has 1 rings (SSSR count). The lowest BCUT2D eigenvalue weighted by Crippen LogP contribution is -2.31. The maximum Gasteiger partial charge on any atom is 0.259 e. The predicted molar refractivity (Wildman–Crippen MR) is 68.2 cm³/mol. The Bertz CT molecular complexity index is 463. The van der Waals surface area contributed by atoms with Crippen LogP contribution in [0.2, 0.25) is 0 Å². The number of carbonyl (C=O) groups excluding carboxylic acids is 1. The number of hydrogen-bond acceptors (Lipinski definition) is 2. The number of unbranched alkanes of at least 4 members (excludes halogenated alkanes) is 1. The molecule has 1 N–H and O–H groups in total. The highest BCUT2D eigenvalue weighted by Gasteiger charge is 2.14. The average molecular weight is 234 g/mol. The van der Waals surface area contributed by atoms with Gasteiger partial charge in [-0.2, -0.15) is 0 Å². The molecule has 0 aromatic carbocycles. The molecule has 0 spiro atoms. The third kappa shape index (κ3) is 3.59. The molecule has 17 heavy (non-hydrogen) atoms. The Morgan fingerprint density at radius 1 is 1.59 bits per heavy atom. The molecule has 0 bridgehead atoms. The second-order valence-electron chi connectivity index (χ2n) is 4.05. The largest absolute Gasteiger partial charge is 0.364 e. The Labute approximate surface area is 101 Å². The first-order valence-corrected chi connectivity index (χ1v) is 5.62. The van der Waals surface area contributed by atoms with E-state index in [0.717, 1.165) is 18.5 Å². The van der Waals surface area contributed by atoms with Gasteiger partial charge < -0.3 is 9.88 Å². The summed E-state index contributed by atoms with van der Waals surface area (Å²) in [6.45, 7) is 6.03. The molecule has 4 nitrogen and oxygen atoms in total. The number of carbonyl (C=O) groups is 1. The molecule has 0 radical (unpaired) electrons. The van der Waals surface area contributed by atoms with E-state index in [0.29, 0.717) is 6.54 Å². The van der Waals surface area contributed by atoms with Crippen molar-refractivity contribution in [3.8, 4) is 0 Å². The fraction of sp³-hybridized carbons (Fsp3) is 0.385. The number of hydrogen-bond donors (Lipinski definition) is 1. The van der Waals surface area contributed by atoms with Gasteiger partial charge in [0.25, 0.3) is 5.91 Å². The molecule has 1 aromatic rings. The van der Waals surface area contributed by atoms with Gasteiger partial charge in [-0.15, -0.1) is 6.58 Å². The van der Waals surface area contributed by atoms with E-state index in [1.54, 1.807) is 18.9 Å². The Morgan fingerprint density at radius 2 is 2.29 bits per heavy atom. The van der Waals surface area contributed by atoms with E-state index in [1.807, 2.05) is 6.08 Å². The van der Waals surface area contributed by atoms with Crippen molar-refractivity contribution in [3.63, 3.8) is 0 Å². The summed E-state index contributed by atoms with van der Waals surface area (Å²) in [4.78, 5) is 28.0. The molecule has 92 valence electrons. The normalized spacial score (nSPS) is 10.0. The Balaban J connectivity index is 2.75. The van der Waals surface area contributed by atoms with Gasteiger partial charge in [0.05, 0.1) is 0 Å². The lowest BCUT2D eigenvalue weighted by atomic mass is 10.2. The molecule has 1 aromatic heterocycles. The first-order chi connectivity index (χ1) is 8.06. The topological polar surface area (TPSA) is 53.2 Å². The lowest BCUT2D eigenvalue weighted by molar-refractivity contribution is 0.0792. The van der Waals surface area contributed by atoms with E-state index in [2.05, 4.69) is 11.6 Å². The highest BCUT2D eigenvalue weighted by molar-refractivity contribution is 5.93. The number of H-pyrrole nitrogens is 1. The van der Waals surface area contributed by atoms with Crippen LogP contribution in [0.1, 0.15) is 28.9 Å². The third-order valence-corrected chi connectivity index (χ3v) is 2.54. The second-order valence-corrected chi connectivity index (χ2v) is 4.05. The molecule has 1 amide bonds. The van der Waals surface area contributed by atoms with Crippen molar-refractivity contribution in [1.29, 1.82) is 0 Å². The molecule has 0 unspecified atom stereocenters. The van der Waals surface area contributed by atoms with Crippen LogP contribution in [0.5, 0.6) is 0 Å². The summed E-state index contributed by atoms with van der Waals surface area (Å²) in [5.41, 5.74) is 0.708. The number of allylic oxidation sites excluding steroid dienone is 1. The Hall–Kier alpha value is -1.84. The number of aromatic nitrogens is 1. The highest BCUT2D eigenvalue weighted by atomic mass is 16.2. The van der Waals surface area contributed by atoms with Crippen molar-refractivity contribution >= 4 is 5.91 Å². The monoisotopic (exact) mass is 234 g/mol. The van der Waals surface area contributed by atoms with Crippen molar-refractivity contribution in [2.45, 2.75) is 19.8 Å². The van der Waals surface area contributed by atoms with Gasteiger partial charge in [0.2, 0.25) is 0 Å². The summed E-state index contributed by atoms with van der Waals surface area (Å²) in [6.07, 6.45) is 5.01. The van der Waals surface area contributed by atoms with Crippen molar-refractivity contribution in [1.82, 2.24) is 9.88 Å². The molecule has 0 saturated heterocycles. The molecule has 0 atom stereocenters. The summed E-state index contributed by atoms with van der Waals surface area (Å²) in [6, 6.07) is 1.44. The van der Waals surface area contributed by atoms with Gasteiger partial charge in [-0.1, -0.05) is 6.08 Å². The van der Waals surface area contributed by atoms with Crippen LogP contribution in [0.4, 0.5) is 0 Å². The zero-order valence-corrected chi connectivity index (χ0v) is 10.3. The minimum atomic E-state index is -0.240. The number of nitrogens with one attached hydrogen (secondary N) is 1. The zero-order chi connectivity index (χ0) is 12.8. The van der Waals surface area contributed by atoms with Crippen LogP contribution in [0.3, 0.4) is 0 Å². The van der Waals surface area contributed by atoms with Crippen molar-refractivity contribution in [2.75, 3.05) is 13.6 Å².